The Labute approximate surface area is 197 Å². The maximum absolute atomic E-state index is 12.7. The van der Waals surface area contributed by atoms with Gasteiger partial charge in [-0.25, -0.2) is 14.3 Å². The van der Waals surface area contributed by atoms with Crippen molar-refractivity contribution in [3.8, 4) is 11.4 Å². The molecular weight excluding hydrogens is 440 g/mol. The van der Waals surface area contributed by atoms with Crippen LogP contribution in [0.5, 0.6) is 0 Å². The van der Waals surface area contributed by atoms with Crippen LogP contribution in [0.1, 0.15) is 39.7 Å². The van der Waals surface area contributed by atoms with Crippen LogP contribution in [0.2, 0.25) is 0 Å². The number of hydrogen-bond donors (Lipinski definition) is 1. The highest BCUT2D eigenvalue weighted by Crippen LogP contribution is 2.24. The van der Waals surface area contributed by atoms with E-state index < -0.39 is 23.2 Å². The molecule has 2 saturated heterocycles. The Bertz CT molecular complexity index is 1150. The number of nitrogens with one attached hydrogen (secondary N) is 1. The van der Waals surface area contributed by atoms with Gasteiger partial charge in [0, 0.05) is 50.9 Å². The lowest BCUT2D eigenvalue weighted by Gasteiger charge is -2.36. The standard InChI is InChI=1S/C23H30N6O5/c1-23(2,3)34-22(33)28-13-11-27(12-14-28)16-7-5-15(6-8-16)19-25-29(21(32)26(19)4)17-9-10-18(30)24-20(17)31/h5-8,17H,9-14H2,1-4H3,(H,24,30,31). The largest absolute Gasteiger partial charge is 0.444 e. The number of amides is 3. The van der Waals surface area contributed by atoms with Crippen LogP contribution in [-0.2, 0) is 21.4 Å². The van der Waals surface area contributed by atoms with Crippen molar-refractivity contribution in [3.05, 3.63) is 34.7 Å². The summed E-state index contributed by atoms with van der Waals surface area (Å²) in [4.78, 5) is 52.5. The predicted octanol–water partition coefficient (Wildman–Crippen LogP) is 1.28. The third kappa shape index (κ3) is 4.82. The fourth-order valence-corrected chi connectivity index (χ4v) is 4.12. The number of rotatable bonds is 3. The summed E-state index contributed by atoms with van der Waals surface area (Å²) in [6.45, 7) is 8.07. The van der Waals surface area contributed by atoms with Crippen LogP contribution in [0.25, 0.3) is 11.4 Å². The highest BCUT2D eigenvalue weighted by molar-refractivity contribution is 5.99. The first-order chi connectivity index (χ1) is 16.0. The molecule has 3 amide bonds. The molecular formula is C23H30N6O5. The fourth-order valence-electron chi connectivity index (χ4n) is 4.12. The Balaban J connectivity index is 1.45. The molecule has 34 heavy (non-hydrogen) atoms. The SMILES string of the molecule is Cn1c(-c2ccc(N3CCN(C(=O)OC(C)(C)C)CC3)cc2)nn(C2CCC(=O)NC2=O)c1=O. The van der Waals surface area contributed by atoms with Crippen LogP contribution < -0.4 is 15.9 Å². The molecule has 1 aromatic carbocycles. The number of piperidine rings is 1. The summed E-state index contributed by atoms with van der Waals surface area (Å²) < 4.78 is 8.01. The molecule has 0 spiro atoms. The average molecular weight is 471 g/mol. The van der Waals surface area contributed by atoms with Gasteiger partial charge >= 0.3 is 11.8 Å². The minimum absolute atomic E-state index is 0.171. The highest BCUT2D eigenvalue weighted by Gasteiger charge is 2.31. The number of ether oxygens (including phenoxy) is 1. The monoisotopic (exact) mass is 470 g/mol. The van der Waals surface area contributed by atoms with Gasteiger partial charge < -0.3 is 14.5 Å². The molecule has 0 saturated carbocycles. The molecule has 2 aliphatic rings. The molecule has 2 fully saturated rings. The Kier molecular flexibility index (Phi) is 6.20. The zero-order valence-corrected chi connectivity index (χ0v) is 19.9. The minimum atomic E-state index is -0.800. The zero-order valence-electron chi connectivity index (χ0n) is 19.9. The molecule has 3 heterocycles. The molecule has 11 nitrogen and oxygen atoms in total. The smallest absolute Gasteiger partial charge is 0.410 e. The molecule has 182 valence electrons. The summed E-state index contributed by atoms with van der Waals surface area (Å²) in [5, 5.41) is 6.67. The zero-order chi connectivity index (χ0) is 24.6. The third-order valence-corrected chi connectivity index (χ3v) is 5.93. The number of piperazine rings is 1. The molecule has 11 heteroatoms. The first-order valence-corrected chi connectivity index (χ1v) is 11.4. The van der Waals surface area contributed by atoms with Crippen LogP contribution in [0.3, 0.4) is 0 Å². The number of aromatic nitrogens is 3. The average Bonchev–Trinajstić information content (AvgIpc) is 3.07. The molecule has 0 radical (unpaired) electrons. The molecule has 1 unspecified atom stereocenters. The van der Waals surface area contributed by atoms with Gasteiger partial charge in [0.1, 0.15) is 11.6 Å². The summed E-state index contributed by atoms with van der Waals surface area (Å²) >= 11 is 0. The minimum Gasteiger partial charge on any atom is -0.444 e. The Morgan fingerprint density at radius 3 is 2.29 bits per heavy atom. The highest BCUT2D eigenvalue weighted by atomic mass is 16.6. The number of carbonyl (C=O) groups excluding carboxylic acids is 3. The van der Waals surface area contributed by atoms with E-state index in [2.05, 4.69) is 15.3 Å². The molecule has 1 N–H and O–H groups in total. The summed E-state index contributed by atoms with van der Waals surface area (Å²) in [7, 11) is 1.61. The van der Waals surface area contributed by atoms with Gasteiger partial charge in [0.2, 0.25) is 5.91 Å². The van der Waals surface area contributed by atoms with Crippen molar-refractivity contribution < 1.29 is 19.1 Å². The predicted molar refractivity (Wildman–Crippen MR) is 124 cm³/mol. The molecule has 1 atom stereocenters. The van der Waals surface area contributed by atoms with Crippen LogP contribution in [0.15, 0.2) is 29.1 Å². The number of hydrogen-bond acceptors (Lipinski definition) is 7. The lowest BCUT2D eigenvalue weighted by Crippen LogP contribution is -2.50. The number of anilines is 1. The summed E-state index contributed by atoms with van der Waals surface area (Å²) in [6.07, 6.45) is 0.120. The molecule has 0 aliphatic carbocycles. The molecule has 4 rings (SSSR count). The van der Waals surface area contributed by atoms with Gasteiger partial charge in [0.05, 0.1) is 0 Å². The topological polar surface area (TPSA) is 119 Å². The van der Waals surface area contributed by atoms with Gasteiger partial charge in [-0.05, 0) is 51.5 Å². The Morgan fingerprint density at radius 2 is 1.71 bits per heavy atom. The summed E-state index contributed by atoms with van der Waals surface area (Å²) in [6, 6.07) is 6.87. The number of nitrogens with zero attached hydrogens (tertiary/aromatic N) is 5. The van der Waals surface area contributed by atoms with Gasteiger partial charge in [-0.1, -0.05) is 0 Å². The van der Waals surface area contributed by atoms with Crippen LogP contribution >= 0.6 is 0 Å². The van der Waals surface area contributed by atoms with Gasteiger partial charge in [-0.15, -0.1) is 5.10 Å². The van der Waals surface area contributed by atoms with E-state index in [1.54, 1.807) is 11.9 Å². The van der Waals surface area contributed by atoms with Gasteiger partial charge in [-0.2, -0.15) is 0 Å². The Hall–Kier alpha value is -3.63. The van der Waals surface area contributed by atoms with E-state index in [4.69, 9.17) is 4.74 Å². The van der Waals surface area contributed by atoms with Crippen molar-refractivity contribution in [2.75, 3.05) is 31.1 Å². The van der Waals surface area contributed by atoms with Gasteiger partial charge in [0.15, 0.2) is 5.82 Å². The summed E-state index contributed by atoms with van der Waals surface area (Å²) in [5.41, 5.74) is 0.811. The van der Waals surface area contributed by atoms with Crippen molar-refractivity contribution in [1.29, 1.82) is 0 Å². The molecule has 0 bridgehead atoms. The van der Waals surface area contributed by atoms with Crippen molar-refractivity contribution >= 4 is 23.6 Å². The summed E-state index contributed by atoms with van der Waals surface area (Å²) in [5.74, 6) is -0.409. The Morgan fingerprint density at radius 1 is 1.06 bits per heavy atom. The number of imide groups is 1. The van der Waals surface area contributed by atoms with Crippen molar-refractivity contribution in [2.24, 2.45) is 7.05 Å². The maximum Gasteiger partial charge on any atom is 0.410 e. The third-order valence-electron chi connectivity index (χ3n) is 5.93. The van der Waals surface area contributed by atoms with Crippen LogP contribution in [0, 0.1) is 0 Å². The molecule has 2 aliphatic heterocycles. The molecule has 2 aromatic rings. The quantitative estimate of drug-likeness (QED) is 0.672. The number of carbonyl (C=O) groups is 3. The second kappa shape index (κ2) is 8.96. The number of benzene rings is 1. The van der Waals surface area contributed by atoms with E-state index >= 15 is 0 Å². The van der Waals surface area contributed by atoms with E-state index in [1.807, 2.05) is 45.0 Å². The van der Waals surface area contributed by atoms with Crippen molar-refractivity contribution in [1.82, 2.24) is 24.6 Å². The van der Waals surface area contributed by atoms with E-state index in [-0.39, 0.29) is 24.8 Å². The van der Waals surface area contributed by atoms with Crippen LogP contribution in [-0.4, -0.2) is 68.9 Å². The van der Waals surface area contributed by atoms with Gasteiger partial charge in [-0.3, -0.25) is 19.5 Å². The van der Waals surface area contributed by atoms with E-state index in [9.17, 15) is 19.2 Å². The van der Waals surface area contributed by atoms with E-state index in [0.29, 0.717) is 32.0 Å². The van der Waals surface area contributed by atoms with E-state index in [0.717, 1.165) is 15.9 Å². The van der Waals surface area contributed by atoms with Crippen molar-refractivity contribution in [3.63, 3.8) is 0 Å². The second-order valence-electron chi connectivity index (χ2n) is 9.58. The first-order valence-electron chi connectivity index (χ1n) is 11.4. The van der Waals surface area contributed by atoms with Crippen LogP contribution in [0.4, 0.5) is 10.5 Å². The first kappa shape index (κ1) is 23.5. The van der Waals surface area contributed by atoms with Crippen molar-refractivity contribution in [2.45, 2.75) is 45.3 Å². The van der Waals surface area contributed by atoms with Gasteiger partial charge in [0.25, 0.3) is 5.91 Å². The maximum atomic E-state index is 12.7. The molecule has 1 aromatic heterocycles. The van der Waals surface area contributed by atoms with E-state index in [1.165, 1.54) is 4.57 Å². The fraction of sp³-hybridized carbons (Fsp3) is 0.522. The second-order valence-corrected chi connectivity index (χ2v) is 9.58. The lowest BCUT2D eigenvalue weighted by atomic mass is 10.1. The lowest BCUT2D eigenvalue weighted by molar-refractivity contribution is -0.136. The normalized spacial score (nSPS) is 19.2.